The van der Waals surface area contributed by atoms with Crippen molar-refractivity contribution in [2.45, 2.75) is 45.3 Å². The van der Waals surface area contributed by atoms with Crippen LogP contribution in [0.1, 0.15) is 33.6 Å². The molecule has 0 aliphatic carbocycles. The summed E-state index contributed by atoms with van der Waals surface area (Å²) in [6.45, 7) is 6.75. The zero-order valence-corrected chi connectivity index (χ0v) is 15.1. The largest absolute Gasteiger partial charge is 0.490 e. The lowest BCUT2D eigenvalue weighted by atomic mass is 10.0. The Morgan fingerprint density at radius 2 is 2.00 bits per heavy atom. The number of allylic oxidation sites excluding steroid dienone is 1. The standard InChI is InChI=1S/C20H24O5/c1-13(5-9-16-20(2,3)25-16)11-12-23-15-8-6-14-7-10-17(21)24-18(14)19(15)22-4/h6-8,10-11,16H,5,9,12H2,1-4H3. The maximum absolute atomic E-state index is 11.5. The van der Waals surface area contributed by atoms with Crippen molar-refractivity contribution >= 4 is 11.0 Å². The smallest absolute Gasteiger partial charge is 0.336 e. The van der Waals surface area contributed by atoms with Crippen LogP contribution in [0, 0.1) is 0 Å². The summed E-state index contributed by atoms with van der Waals surface area (Å²) in [5, 5.41) is 0.794. The number of ether oxygens (including phenoxy) is 3. The fraction of sp³-hybridized carbons (Fsp3) is 0.450. The van der Waals surface area contributed by atoms with Crippen LogP contribution in [0.3, 0.4) is 0 Å². The third-order valence-corrected chi connectivity index (χ3v) is 4.55. The van der Waals surface area contributed by atoms with Gasteiger partial charge in [-0.05, 0) is 57.9 Å². The van der Waals surface area contributed by atoms with Gasteiger partial charge < -0.3 is 18.6 Å². The van der Waals surface area contributed by atoms with Crippen LogP contribution in [0.25, 0.3) is 11.0 Å². The van der Waals surface area contributed by atoms with E-state index in [4.69, 9.17) is 18.6 Å². The van der Waals surface area contributed by atoms with E-state index in [1.807, 2.05) is 12.1 Å². The summed E-state index contributed by atoms with van der Waals surface area (Å²) in [4.78, 5) is 11.5. The molecule has 1 atom stereocenters. The molecule has 5 nitrogen and oxygen atoms in total. The van der Waals surface area contributed by atoms with Crippen LogP contribution in [0.5, 0.6) is 11.5 Å². The van der Waals surface area contributed by atoms with Gasteiger partial charge in [-0.15, -0.1) is 0 Å². The molecule has 1 unspecified atom stereocenters. The molecular weight excluding hydrogens is 320 g/mol. The van der Waals surface area contributed by atoms with Gasteiger partial charge in [-0.25, -0.2) is 4.79 Å². The highest BCUT2D eigenvalue weighted by molar-refractivity contribution is 5.85. The Morgan fingerprint density at radius 3 is 2.68 bits per heavy atom. The van der Waals surface area contributed by atoms with Gasteiger partial charge in [0.25, 0.3) is 0 Å². The Morgan fingerprint density at radius 1 is 1.28 bits per heavy atom. The Labute approximate surface area is 147 Å². The Kier molecular flexibility index (Phi) is 4.86. The summed E-state index contributed by atoms with van der Waals surface area (Å²) < 4.78 is 22.1. The van der Waals surface area contributed by atoms with E-state index in [-0.39, 0.29) is 5.60 Å². The number of hydrogen-bond donors (Lipinski definition) is 0. The van der Waals surface area contributed by atoms with Crippen molar-refractivity contribution in [2.24, 2.45) is 0 Å². The molecule has 134 valence electrons. The predicted octanol–water partition coefficient (Wildman–Crippen LogP) is 4.08. The zero-order valence-electron chi connectivity index (χ0n) is 15.1. The van der Waals surface area contributed by atoms with Crippen molar-refractivity contribution in [2.75, 3.05) is 13.7 Å². The van der Waals surface area contributed by atoms with Gasteiger partial charge in [0.15, 0.2) is 11.3 Å². The fourth-order valence-electron chi connectivity index (χ4n) is 2.87. The fourth-order valence-corrected chi connectivity index (χ4v) is 2.87. The highest BCUT2D eigenvalue weighted by atomic mass is 16.6. The van der Waals surface area contributed by atoms with Gasteiger partial charge in [0.1, 0.15) is 6.61 Å². The summed E-state index contributed by atoms with van der Waals surface area (Å²) in [5.41, 5.74) is 1.29. The van der Waals surface area contributed by atoms with Crippen molar-refractivity contribution in [3.8, 4) is 11.5 Å². The van der Waals surface area contributed by atoms with Crippen molar-refractivity contribution < 1.29 is 18.6 Å². The molecule has 1 aromatic carbocycles. The van der Waals surface area contributed by atoms with E-state index in [0.29, 0.717) is 29.8 Å². The maximum Gasteiger partial charge on any atom is 0.336 e. The molecular formula is C20H24O5. The second-order valence-electron chi connectivity index (χ2n) is 6.88. The zero-order chi connectivity index (χ0) is 18.0. The molecule has 0 radical (unpaired) electrons. The first kappa shape index (κ1) is 17.5. The van der Waals surface area contributed by atoms with Crippen LogP contribution in [0.4, 0.5) is 0 Å². The minimum Gasteiger partial charge on any atom is -0.490 e. The second kappa shape index (κ2) is 6.92. The van der Waals surface area contributed by atoms with Crippen molar-refractivity contribution in [1.29, 1.82) is 0 Å². The molecule has 2 heterocycles. The number of fused-ring (bicyclic) bond motifs is 1. The lowest BCUT2D eigenvalue weighted by Crippen LogP contribution is -2.03. The average Bonchev–Trinajstić information content (AvgIpc) is 3.19. The predicted molar refractivity (Wildman–Crippen MR) is 96.5 cm³/mol. The summed E-state index contributed by atoms with van der Waals surface area (Å²) in [6, 6.07) is 6.77. The van der Waals surface area contributed by atoms with Crippen LogP contribution in [0.15, 0.2) is 45.1 Å². The Bertz CT molecular complexity index is 847. The molecule has 1 aromatic heterocycles. The first-order valence-electron chi connectivity index (χ1n) is 8.48. The molecule has 0 saturated carbocycles. The molecule has 0 bridgehead atoms. The van der Waals surface area contributed by atoms with Gasteiger partial charge >= 0.3 is 5.63 Å². The number of hydrogen-bond acceptors (Lipinski definition) is 5. The number of benzene rings is 1. The summed E-state index contributed by atoms with van der Waals surface area (Å²) in [6.07, 6.45) is 4.43. The molecule has 0 N–H and O–H groups in total. The molecule has 3 rings (SSSR count). The van der Waals surface area contributed by atoms with Crippen molar-refractivity contribution in [3.63, 3.8) is 0 Å². The monoisotopic (exact) mass is 344 g/mol. The molecule has 1 saturated heterocycles. The first-order valence-corrected chi connectivity index (χ1v) is 8.48. The molecule has 0 spiro atoms. The minimum atomic E-state index is -0.413. The highest BCUT2D eigenvalue weighted by Crippen LogP contribution is 2.39. The lowest BCUT2D eigenvalue weighted by molar-refractivity contribution is 0.319. The molecule has 1 fully saturated rings. The maximum atomic E-state index is 11.5. The van der Waals surface area contributed by atoms with E-state index < -0.39 is 5.63 Å². The normalized spacial score (nSPS) is 19.0. The van der Waals surface area contributed by atoms with E-state index in [9.17, 15) is 4.79 Å². The van der Waals surface area contributed by atoms with Crippen molar-refractivity contribution in [1.82, 2.24) is 0 Å². The average molecular weight is 344 g/mol. The summed E-state index contributed by atoms with van der Waals surface area (Å²) in [7, 11) is 1.53. The SMILES string of the molecule is COc1c(OCC=C(C)CCC2OC2(C)C)ccc2ccc(=O)oc12. The molecule has 25 heavy (non-hydrogen) atoms. The van der Waals surface area contributed by atoms with E-state index >= 15 is 0 Å². The molecule has 1 aliphatic heterocycles. The van der Waals surface area contributed by atoms with Gasteiger partial charge in [-0.2, -0.15) is 0 Å². The van der Waals surface area contributed by atoms with Crippen molar-refractivity contribution in [3.05, 3.63) is 46.3 Å². The number of epoxide rings is 1. The Hall–Kier alpha value is -2.27. The minimum absolute atomic E-state index is 0.0408. The highest BCUT2D eigenvalue weighted by Gasteiger charge is 2.46. The molecule has 0 amide bonds. The first-order chi connectivity index (χ1) is 11.9. The van der Waals surface area contributed by atoms with Gasteiger partial charge in [-0.3, -0.25) is 0 Å². The summed E-state index contributed by atoms with van der Waals surface area (Å²) >= 11 is 0. The van der Waals surface area contributed by atoms with E-state index in [1.54, 1.807) is 6.07 Å². The number of rotatable bonds is 7. The van der Waals surface area contributed by atoms with Crippen LogP contribution in [-0.4, -0.2) is 25.4 Å². The quantitative estimate of drug-likeness (QED) is 0.430. The van der Waals surface area contributed by atoms with Gasteiger partial charge in [0.05, 0.1) is 18.8 Å². The molecule has 2 aromatic rings. The van der Waals surface area contributed by atoms with E-state index in [0.717, 1.165) is 18.2 Å². The lowest BCUT2D eigenvalue weighted by Gasteiger charge is -2.11. The van der Waals surface area contributed by atoms with Crippen LogP contribution < -0.4 is 15.1 Å². The summed E-state index contributed by atoms with van der Waals surface area (Å²) in [5.74, 6) is 0.995. The number of methoxy groups -OCH3 is 1. The Balaban J connectivity index is 1.64. The molecule has 1 aliphatic rings. The second-order valence-corrected chi connectivity index (χ2v) is 6.88. The topological polar surface area (TPSA) is 61.2 Å². The van der Waals surface area contributed by atoms with Gasteiger partial charge in [-0.1, -0.05) is 5.57 Å². The van der Waals surface area contributed by atoms with Gasteiger partial charge in [0.2, 0.25) is 5.75 Å². The van der Waals surface area contributed by atoms with Gasteiger partial charge in [0, 0.05) is 11.5 Å². The molecule has 5 heteroatoms. The van der Waals surface area contributed by atoms with Crippen LogP contribution >= 0.6 is 0 Å². The van der Waals surface area contributed by atoms with E-state index in [2.05, 4.69) is 26.8 Å². The van der Waals surface area contributed by atoms with Crippen LogP contribution in [0.2, 0.25) is 0 Å². The van der Waals surface area contributed by atoms with E-state index in [1.165, 1.54) is 18.7 Å². The third kappa shape index (κ3) is 4.04. The van der Waals surface area contributed by atoms with Crippen LogP contribution in [-0.2, 0) is 4.74 Å². The third-order valence-electron chi connectivity index (χ3n) is 4.55.